The molecular formula is C12H9ClF2N3OP. The van der Waals surface area contributed by atoms with Crippen molar-refractivity contribution in [2.45, 2.75) is 11.3 Å². The van der Waals surface area contributed by atoms with E-state index in [1.807, 2.05) is 0 Å². The molecule has 3 heterocycles. The fourth-order valence-electron chi connectivity index (χ4n) is 2.23. The molecule has 2 aromatic heterocycles. The average Bonchev–Trinajstić information content (AvgIpc) is 2.39. The molecule has 0 fully saturated rings. The third kappa shape index (κ3) is 1.79. The molecule has 2 atom stereocenters. The van der Waals surface area contributed by atoms with Crippen LogP contribution in [-0.4, -0.2) is 20.7 Å². The molecule has 1 aliphatic heterocycles. The molecule has 0 bridgehead atoms. The molecule has 0 amide bonds. The molecule has 0 aliphatic carbocycles. The van der Waals surface area contributed by atoms with Gasteiger partial charge in [0, 0.05) is 23.5 Å². The molecule has 0 saturated carbocycles. The van der Waals surface area contributed by atoms with E-state index in [2.05, 4.69) is 15.3 Å². The average molecular weight is 316 g/mol. The summed E-state index contributed by atoms with van der Waals surface area (Å²) in [5.74, 6) is 0.240. The van der Waals surface area contributed by atoms with Crippen LogP contribution in [0.1, 0.15) is 11.1 Å². The van der Waals surface area contributed by atoms with Gasteiger partial charge in [-0.1, -0.05) is 26.9 Å². The summed E-state index contributed by atoms with van der Waals surface area (Å²) < 4.78 is 28.1. The van der Waals surface area contributed by atoms with E-state index < -0.39 is 11.3 Å². The molecule has 8 heteroatoms. The van der Waals surface area contributed by atoms with Gasteiger partial charge in [0.15, 0.2) is 5.60 Å². The number of halogens is 3. The van der Waals surface area contributed by atoms with Gasteiger partial charge in [0.1, 0.15) is 11.6 Å². The van der Waals surface area contributed by atoms with Crippen molar-refractivity contribution in [2.24, 2.45) is 0 Å². The van der Waals surface area contributed by atoms with Gasteiger partial charge in [0.05, 0.1) is 5.02 Å². The summed E-state index contributed by atoms with van der Waals surface area (Å²) in [5, 5.41) is 13.7. The monoisotopic (exact) mass is 315 g/mol. The number of pyridine rings is 2. The van der Waals surface area contributed by atoms with Gasteiger partial charge in [-0.15, -0.1) is 0 Å². The van der Waals surface area contributed by atoms with Gasteiger partial charge in [-0.25, -0.2) is 9.97 Å². The Morgan fingerprint density at radius 3 is 2.70 bits per heavy atom. The van der Waals surface area contributed by atoms with Crippen molar-refractivity contribution in [3.8, 4) is 0 Å². The molecule has 0 aromatic carbocycles. The normalized spacial score (nSPS) is 20.9. The smallest absolute Gasteiger partial charge is 0.295 e. The summed E-state index contributed by atoms with van der Waals surface area (Å²) in [6.07, 6.45) is 2.75. The number of aromatic nitrogens is 2. The van der Waals surface area contributed by atoms with Gasteiger partial charge in [0.2, 0.25) is 0 Å². The molecule has 104 valence electrons. The van der Waals surface area contributed by atoms with Crippen LogP contribution in [0.25, 0.3) is 0 Å². The first-order valence-electron chi connectivity index (χ1n) is 5.61. The third-order valence-corrected chi connectivity index (χ3v) is 3.79. The van der Waals surface area contributed by atoms with Crippen LogP contribution in [0, 0.1) is 0 Å². The van der Waals surface area contributed by atoms with Crippen LogP contribution in [0.3, 0.4) is 0 Å². The van der Waals surface area contributed by atoms with Crippen LogP contribution in [0.5, 0.6) is 0 Å². The van der Waals surface area contributed by atoms with Crippen molar-refractivity contribution >= 4 is 32.5 Å². The molecule has 0 radical (unpaired) electrons. The van der Waals surface area contributed by atoms with E-state index in [4.69, 9.17) is 11.6 Å². The minimum absolute atomic E-state index is 0.0310. The molecule has 3 rings (SSSR count). The van der Waals surface area contributed by atoms with Crippen molar-refractivity contribution in [2.75, 3.05) is 5.32 Å². The molecule has 2 unspecified atom stereocenters. The lowest BCUT2D eigenvalue weighted by Crippen LogP contribution is -2.45. The van der Waals surface area contributed by atoms with E-state index in [1.54, 1.807) is 0 Å². The Labute approximate surface area is 120 Å². The number of nitrogens with zero attached hydrogens (tertiary/aromatic N) is 2. The lowest BCUT2D eigenvalue weighted by molar-refractivity contribution is -0.0993. The predicted molar refractivity (Wildman–Crippen MR) is 74.4 cm³/mol. The molecule has 0 spiro atoms. The Hall–Kier alpha value is -1.36. The van der Waals surface area contributed by atoms with E-state index in [0.717, 1.165) is 0 Å². The zero-order valence-corrected chi connectivity index (χ0v) is 11.9. The quantitative estimate of drug-likeness (QED) is 0.795. The highest BCUT2D eigenvalue weighted by molar-refractivity contribution is 7.18. The van der Waals surface area contributed by atoms with Gasteiger partial charge >= 0.3 is 0 Å². The highest BCUT2D eigenvalue weighted by atomic mass is 35.5. The fraction of sp³-hybridized carbons (Fsp3) is 0.167. The highest BCUT2D eigenvalue weighted by Gasteiger charge is 2.56. The number of aliphatic hydroxyl groups is 1. The van der Waals surface area contributed by atoms with Crippen LogP contribution >= 0.6 is 20.8 Å². The Kier molecular flexibility index (Phi) is 2.94. The van der Waals surface area contributed by atoms with Crippen molar-refractivity contribution in [3.05, 3.63) is 46.7 Å². The SMILES string of the molecule is OC1(C(F)(F)P)c2cccnc2Nc2ncc(Cl)cc21. The number of fused-ring (bicyclic) bond motifs is 2. The van der Waals surface area contributed by atoms with E-state index in [9.17, 15) is 13.9 Å². The van der Waals surface area contributed by atoms with Gasteiger partial charge < -0.3 is 10.4 Å². The summed E-state index contributed by atoms with van der Waals surface area (Å²) in [5.41, 5.74) is -6.21. The lowest BCUT2D eigenvalue weighted by atomic mass is 9.84. The number of anilines is 2. The second-order valence-corrected chi connectivity index (χ2v) is 5.57. The van der Waals surface area contributed by atoms with Crippen molar-refractivity contribution < 1.29 is 13.9 Å². The number of hydrogen-bond acceptors (Lipinski definition) is 4. The topological polar surface area (TPSA) is 58.0 Å². The zero-order valence-electron chi connectivity index (χ0n) is 9.94. The maximum absolute atomic E-state index is 14.1. The summed E-state index contributed by atoms with van der Waals surface area (Å²) in [6, 6.07) is 4.13. The van der Waals surface area contributed by atoms with Crippen LogP contribution in [0.15, 0.2) is 30.6 Å². The van der Waals surface area contributed by atoms with Gasteiger partial charge in [-0.05, 0) is 12.1 Å². The number of hydrogen-bond donors (Lipinski definition) is 2. The Morgan fingerprint density at radius 1 is 1.30 bits per heavy atom. The minimum atomic E-state index is -3.52. The van der Waals surface area contributed by atoms with Crippen molar-refractivity contribution in [1.82, 2.24) is 9.97 Å². The van der Waals surface area contributed by atoms with E-state index in [0.29, 0.717) is 0 Å². The molecule has 2 aromatic rings. The van der Waals surface area contributed by atoms with E-state index in [1.165, 1.54) is 39.8 Å². The van der Waals surface area contributed by atoms with Gasteiger partial charge in [-0.3, -0.25) is 0 Å². The predicted octanol–water partition coefficient (Wildman–Crippen LogP) is 2.89. The Balaban J connectivity index is 2.36. The molecule has 4 nitrogen and oxygen atoms in total. The number of nitrogens with one attached hydrogen (secondary N) is 1. The molecule has 1 aliphatic rings. The summed E-state index contributed by atoms with van der Waals surface area (Å²) in [6.45, 7) is 0. The second-order valence-electron chi connectivity index (χ2n) is 4.41. The number of alkyl halides is 2. The van der Waals surface area contributed by atoms with Crippen LogP contribution in [0.2, 0.25) is 5.02 Å². The van der Waals surface area contributed by atoms with Crippen LogP contribution < -0.4 is 5.32 Å². The minimum Gasteiger partial charge on any atom is -0.374 e. The van der Waals surface area contributed by atoms with E-state index in [-0.39, 0.29) is 27.8 Å². The van der Waals surface area contributed by atoms with Gasteiger partial charge in [0.25, 0.3) is 5.66 Å². The Morgan fingerprint density at radius 2 is 2.00 bits per heavy atom. The largest absolute Gasteiger partial charge is 0.374 e. The molecular weight excluding hydrogens is 307 g/mol. The molecule has 0 saturated heterocycles. The lowest BCUT2D eigenvalue weighted by Gasteiger charge is -2.39. The maximum atomic E-state index is 14.1. The Bertz CT molecular complexity index is 695. The fourth-order valence-corrected chi connectivity index (χ4v) is 2.70. The first-order chi connectivity index (χ1) is 9.34. The van der Waals surface area contributed by atoms with Gasteiger partial charge in [-0.2, -0.15) is 8.78 Å². The summed E-state index contributed by atoms with van der Waals surface area (Å²) in [4.78, 5) is 7.90. The first-order valence-corrected chi connectivity index (χ1v) is 6.57. The van der Waals surface area contributed by atoms with Crippen LogP contribution in [0.4, 0.5) is 20.4 Å². The zero-order chi connectivity index (χ0) is 14.5. The first kappa shape index (κ1) is 13.6. The molecule has 2 N–H and O–H groups in total. The second kappa shape index (κ2) is 4.32. The van der Waals surface area contributed by atoms with Crippen molar-refractivity contribution in [1.29, 1.82) is 0 Å². The summed E-state index contributed by atoms with van der Waals surface area (Å²) >= 11 is 5.81. The molecule has 20 heavy (non-hydrogen) atoms. The maximum Gasteiger partial charge on any atom is 0.295 e. The third-order valence-electron chi connectivity index (χ3n) is 3.16. The van der Waals surface area contributed by atoms with E-state index >= 15 is 0 Å². The summed E-state index contributed by atoms with van der Waals surface area (Å²) in [7, 11) is 1.36. The standard InChI is InChI=1S/C12H9ClF2N3OP/c13-6-4-8-10(17-5-6)18-9-7(2-1-3-16-9)11(8,19)12(14,15)20/h1-5,19H,20H2,(H,16,17,18). The number of rotatable bonds is 1. The van der Waals surface area contributed by atoms with Crippen molar-refractivity contribution in [3.63, 3.8) is 0 Å². The highest BCUT2D eigenvalue weighted by Crippen LogP contribution is 2.53. The van der Waals surface area contributed by atoms with Crippen LogP contribution in [-0.2, 0) is 5.60 Å².